The van der Waals surface area contributed by atoms with Crippen LogP contribution in [0.15, 0.2) is 41.0 Å². The summed E-state index contributed by atoms with van der Waals surface area (Å²) in [6.07, 6.45) is 3.23. The van der Waals surface area contributed by atoms with Crippen LogP contribution >= 0.6 is 15.9 Å². The van der Waals surface area contributed by atoms with E-state index in [0.717, 1.165) is 4.48 Å². The van der Waals surface area contributed by atoms with Crippen molar-refractivity contribution < 1.29 is 13.2 Å². The largest absolute Gasteiger partial charge is 0.341 e. The highest BCUT2D eigenvalue weighted by molar-refractivity contribution is 9.12. The van der Waals surface area contributed by atoms with Gasteiger partial charge in [0.15, 0.2) is 0 Å². The molecule has 0 spiro atoms. The van der Waals surface area contributed by atoms with E-state index in [9.17, 15) is 13.2 Å². The van der Waals surface area contributed by atoms with E-state index < -0.39 is 17.5 Å². The molecule has 0 saturated carbocycles. The number of halogens is 4. The van der Waals surface area contributed by atoms with Crippen molar-refractivity contribution in [1.82, 2.24) is 4.90 Å². The van der Waals surface area contributed by atoms with Crippen LogP contribution in [0.2, 0.25) is 0 Å². The molecular formula is C14H11BrF3N. The average molecular weight is 330 g/mol. The first-order chi connectivity index (χ1) is 8.95. The lowest BCUT2D eigenvalue weighted by Crippen LogP contribution is -2.24. The Labute approximate surface area is 117 Å². The van der Waals surface area contributed by atoms with Gasteiger partial charge in [-0.1, -0.05) is 6.58 Å². The van der Waals surface area contributed by atoms with E-state index in [-0.39, 0.29) is 5.56 Å². The monoisotopic (exact) mass is 329 g/mol. The molecular weight excluding hydrogens is 319 g/mol. The lowest BCUT2D eigenvalue weighted by atomic mass is 10.1. The van der Waals surface area contributed by atoms with Crippen molar-refractivity contribution in [2.75, 3.05) is 6.54 Å². The number of rotatable bonds is 2. The molecule has 1 nitrogen and oxygen atoms in total. The molecule has 0 aliphatic carbocycles. The smallest absolute Gasteiger partial charge is 0.138 e. The van der Waals surface area contributed by atoms with Gasteiger partial charge in [0, 0.05) is 28.9 Å². The van der Waals surface area contributed by atoms with Crippen molar-refractivity contribution in [3.8, 4) is 0 Å². The second-order valence-corrected chi connectivity index (χ2v) is 4.86. The highest BCUT2D eigenvalue weighted by atomic mass is 79.9. The molecule has 1 aliphatic heterocycles. The summed E-state index contributed by atoms with van der Waals surface area (Å²) in [5.74, 6) is -2.79. The van der Waals surface area contributed by atoms with Gasteiger partial charge in [-0.3, -0.25) is 0 Å². The van der Waals surface area contributed by atoms with Crippen LogP contribution in [0.4, 0.5) is 13.2 Å². The highest BCUT2D eigenvalue weighted by Gasteiger charge is 2.24. The summed E-state index contributed by atoms with van der Waals surface area (Å²) in [5.41, 5.74) is 0.675. The molecule has 0 aromatic heterocycles. The Balaban J connectivity index is 2.61. The molecule has 1 heterocycles. The molecule has 1 aliphatic rings. The number of benzene rings is 1. The van der Waals surface area contributed by atoms with Gasteiger partial charge < -0.3 is 4.90 Å². The minimum absolute atomic E-state index is 0.249. The zero-order chi connectivity index (χ0) is 14.2. The van der Waals surface area contributed by atoms with Gasteiger partial charge in [0.05, 0.1) is 11.3 Å². The van der Waals surface area contributed by atoms with Gasteiger partial charge >= 0.3 is 0 Å². The van der Waals surface area contributed by atoms with Crippen molar-refractivity contribution >= 4 is 21.6 Å². The summed E-state index contributed by atoms with van der Waals surface area (Å²) >= 11 is 3.31. The number of likely N-dealkylation sites (N-methyl/N-ethyl adjacent to an activating group) is 1. The zero-order valence-electron chi connectivity index (χ0n) is 10.2. The van der Waals surface area contributed by atoms with Gasteiger partial charge in [0.1, 0.15) is 17.5 Å². The van der Waals surface area contributed by atoms with Crippen LogP contribution in [0.3, 0.4) is 0 Å². The Morgan fingerprint density at radius 2 is 1.74 bits per heavy atom. The molecule has 0 saturated heterocycles. The van der Waals surface area contributed by atoms with E-state index in [0.29, 0.717) is 30.1 Å². The molecule has 0 atom stereocenters. The predicted molar refractivity (Wildman–Crippen MR) is 72.8 cm³/mol. The molecule has 0 N–H and O–H groups in total. The van der Waals surface area contributed by atoms with Crippen LogP contribution in [-0.2, 0) is 0 Å². The van der Waals surface area contributed by atoms with Gasteiger partial charge in [-0.2, -0.15) is 0 Å². The lowest BCUT2D eigenvalue weighted by Gasteiger charge is -2.31. The van der Waals surface area contributed by atoms with Gasteiger partial charge in [0.25, 0.3) is 0 Å². The number of allylic oxidation sites excluding steroid dienone is 3. The first-order valence-electron chi connectivity index (χ1n) is 5.65. The summed E-state index contributed by atoms with van der Waals surface area (Å²) in [4.78, 5) is 1.66. The second-order valence-electron chi connectivity index (χ2n) is 4.00. The minimum Gasteiger partial charge on any atom is -0.341 e. The fraction of sp³-hybridized carbons (Fsp3) is 0.143. The zero-order valence-corrected chi connectivity index (χ0v) is 11.8. The van der Waals surface area contributed by atoms with E-state index in [1.807, 2.05) is 6.92 Å². The Hall–Kier alpha value is -1.49. The molecule has 0 bridgehead atoms. The third-order valence-electron chi connectivity index (χ3n) is 2.86. The summed E-state index contributed by atoms with van der Waals surface area (Å²) in [6, 6.07) is 1.34. The Morgan fingerprint density at radius 1 is 1.16 bits per heavy atom. The fourth-order valence-corrected chi connectivity index (χ4v) is 2.33. The van der Waals surface area contributed by atoms with Gasteiger partial charge in [0.2, 0.25) is 0 Å². The maximum Gasteiger partial charge on any atom is 0.138 e. The van der Waals surface area contributed by atoms with E-state index in [2.05, 4.69) is 22.5 Å². The van der Waals surface area contributed by atoms with Crippen LogP contribution in [0.5, 0.6) is 0 Å². The molecule has 0 radical (unpaired) electrons. The van der Waals surface area contributed by atoms with Gasteiger partial charge in [-0.25, -0.2) is 13.2 Å². The molecule has 100 valence electrons. The first kappa shape index (κ1) is 13.9. The number of hydrogen-bond acceptors (Lipinski definition) is 1. The molecule has 5 heteroatoms. The SMILES string of the molecule is C=C1C(Br)=CC=C(c2c(F)cc(F)cc2F)N1CC. The maximum absolute atomic E-state index is 13.8. The highest BCUT2D eigenvalue weighted by Crippen LogP contribution is 2.35. The first-order valence-corrected chi connectivity index (χ1v) is 6.44. The third kappa shape index (κ3) is 2.47. The Bertz CT molecular complexity index is 582. The van der Waals surface area contributed by atoms with Crippen LogP contribution in [0.25, 0.3) is 5.70 Å². The van der Waals surface area contributed by atoms with Gasteiger partial charge in [-0.05, 0) is 35.0 Å². The number of nitrogens with zero attached hydrogens (tertiary/aromatic N) is 1. The van der Waals surface area contributed by atoms with E-state index in [1.54, 1.807) is 17.1 Å². The summed E-state index contributed by atoms with van der Waals surface area (Å²) in [7, 11) is 0. The summed E-state index contributed by atoms with van der Waals surface area (Å²) in [6.45, 7) is 6.18. The van der Waals surface area contributed by atoms with E-state index >= 15 is 0 Å². The van der Waals surface area contributed by atoms with Crippen molar-refractivity contribution in [3.05, 3.63) is 64.1 Å². The topological polar surface area (TPSA) is 3.24 Å². The van der Waals surface area contributed by atoms with Crippen LogP contribution in [-0.4, -0.2) is 11.4 Å². The third-order valence-corrected chi connectivity index (χ3v) is 3.58. The van der Waals surface area contributed by atoms with Crippen LogP contribution < -0.4 is 0 Å². The normalized spacial score (nSPS) is 15.4. The molecule has 1 aromatic rings. The summed E-state index contributed by atoms with van der Waals surface area (Å²) < 4.78 is 41.3. The molecule has 0 amide bonds. The fourth-order valence-electron chi connectivity index (χ4n) is 1.98. The minimum atomic E-state index is -0.936. The molecule has 19 heavy (non-hydrogen) atoms. The number of hydrogen-bond donors (Lipinski definition) is 0. The van der Waals surface area contributed by atoms with Crippen molar-refractivity contribution in [2.45, 2.75) is 6.92 Å². The van der Waals surface area contributed by atoms with Crippen molar-refractivity contribution in [3.63, 3.8) is 0 Å². The maximum atomic E-state index is 13.8. The van der Waals surface area contributed by atoms with Crippen molar-refractivity contribution in [2.24, 2.45) is 0 Å². The lowest BCUT2D eigenvalue weighted by molar-refractivity contribution is 0.499. The average Bonchev–Trinajstić information content (AvgIpc) is 2.32. The van der Waals surface area contributed by atoms with E-state index in [1.165, 1.54) is 0 Å². The quantitative estimate of drug-likeness (QED) is 0.768. The molecule has 0 fully saturated rings. The van der Waals surface area contributed by atoms with Crippen molar-refractivity contribution in [1.29, 1.82) is 0 Å². The Kier molecular flexibility index (Phi) is 3.85. The molecule has 2 rings (SSSR count). The van der Waals surface area contributed by atoms with Gasteiger partial charge in [-0.15, -0.1) is 0 Å². The van der Waals surface area contributed by atoms with Crippen LogP contribution in [0.1, 0.15) is 12.5 Å². The standard InChI is InChI=1S/C14H11BrF3N/c1-3-19-8(2)10(15)4-5-13(19)14-11(17)6-9(16)7-12(14)18/h4-7H,2-3H2,1H3. The predicted octanol–water partition coefficient (Wildman–Crippen LogP) is 4.57. The molecule has 0 unspecified atom stereocenters. The Morgan fingerprint density at radius 3 is 2.26 bits per heavy atom. The molecule has 1 aromatic carbocycles. The second kappa shape index (κ2) is 5.25. The van der Waals surface area contributed by atoms with Crippen LogP contribution in [0, 0.1) is 17.5 Å². The summed E-state index contributed by atoms with van der Waals surface area (Å²) in [5, 5.41) is 0. The van der Waals surface area contributed by atoms with E-state index in [4.69, 9.17) is 0 Å².